The van der Waals surface area contributed by atoms with Gasteiger partial charge >= 0.3 is 0 Å². The van der Waals surface area contributed by atoms with Gasteiger partial charge in [0.15, 0.2) is 0 Å². The highest BCUT2D eigenvalue weighted by molar-refractivity contribution is 6.29. The number of halogens is 4. The molecule has 51 heavy (non-hydrogen) atoms. The molecule has 5 heterocycles. The molecule has 6 nitrogen and oxygen atoms in total. The second-order valence-electron chi connectivity index (χ2n) is 13.8. The summed E-state index contributed by atoms with van der Waals surface area (Å²) in [6.07, 6.45) is 13.3. The van der Waals surface area contributed by atoms with E-state index in [0.717, 1.165) is 77.9 Å². The van der Waals surface area contributed by atoms with Gasteiger partial charge in [0.05, 0.1) is 17.1 Å². The van der Waals surface area contributed by atoms with E-state index < -0.39 is 13.1 Å². The summed E-state index contributed by atoms with van der Waals surface area (Å²) >= 11 is 6.20. The normalized spacial score (nSPS) is 14.6. The van der Waals surface area contributed by atoms with Crippen LogP contribution in [0.4, 0.5) is 13.2 Å². The zero-order chi connectivity index (χ0) is 36.3. The molecule has 0 saturated carbocycles. The Morgan fingerprint density at radius 3 is 1.76 bits per heavy atom. The summed E-state index contributed by atoms with van der Waals surface area (Å²) in [5.41, 5.74) is 7.24. The van der Waals surface area contributed by atoms with Gasteiger partial charge in [0.25, 0.3) is 6.43 Å². The number of alkyl halides is 3. The van der Waals surface area contributed by atoms with Crippen LogP contribution in [0.5, 0.6) is 0 Å². The van der Waals surface area contributed by atoms with Crippen LogP contribution >= 0.6 is 11.6 Å². The SMILES string of the molecule is Cc1ccc(C(C)CC(CCC(CC(CCC(C)c2ccc(C(F)F)nc2)c2ccc(CF)nc2)c2cnc(C)cn2)c2ccc(Cl)nc2)nc1. The summed E-state index contributed by atoms with van der Waals surface area (Å²) in [6, 6.07) is 15.0. The van der Waals surface area contributed by atoms with E-state index in [2.05, 4.69) is 52.0 Å². The monoisotopic (exact) mass is 714 g/mol. The third kappa shape index (κ3) is 10.9. The molecule has 5 aromatic heterocycles. The van der Waals surface area contributed by atoms with E-state index >= 15 is 0 Å². The van der Waals surface area contributed by atoms with Crippen molar-refractivity contribution in [3.63, 3.8) is 0 Å². The molecule has 5 aromatic rings. The Hall–Kier alpha value is -4.24. The Balaban J connectivity index is 1.41. The van der Waals surface area contributed by atoms with Crippen molar-refractivity contribution >= 4 is 11.6 Å². The van der Waals surface area contributed by atoms with E-state index in [0.29, 0.717) is 10.8 Å². The lowest BCUT2D eigenvalue weighted by Crippen LogP contribution is -2.13. The van der Waals surface area contributed by atoms with E-state index in [1.807, 2.05) is 50.8 Å². The summed E-state index contributed by atoms with van der Waals surface area (Å²) in [4.78, 5) is 27.0. The maximum atomic E-state index is 13.5. The minimum Gasteiger partial charge on any atom is -0.261 e. The first kappa shape index (κ1) is 38.0. The molecule has 10 heteroatoms. The highest BCUT2D eigenvalue weighted by Crippen LogP contribution is 2.40. The Morgan fingerprint density at radius 1 is 0.549 bits per heavy atom. The molecule has 0 saturated heterocycles. The third-order valence-electron chi connectivity index (χ3n) is 9.96. The van der Waals surface area contributed by atoms with Gasteiger partial charge in [-0.25, -0.2) is 18.2 Å². The van der Waals surface area contributed by atoms with Crippen molar-refractivity contribution in [3.05, 3.63) is 142 Å². The maximum absolute atomic E-state index is 13.5. The number of aromatic nitrogens is 6. The van der Waals surface area contributed by atoms with Gasteiger partial charge < -0.3 is 0 Å². The number of hydrogen-bond acceptors (Lipinski definition) is 6. The molecule has 0 bridgehead atoms. The molecule has 5 atom stereocenters. The summed E-state index contributed by atoms with van der Waals surface area (Å²) in [5, 5.41) is 0.462. The average molecular weight is 715 g/mol. The van der Waals surface area contributed by atoms with E-state index in [4.69, 9.17) is 21.6 Å². The van der Waals surface area contributed by atoms with Crippen LogP contribution in [-0.2, 0) is 6.67 Å². The smallest absolute Gasteiger partial charge is 0.261 e. The summed E-state index contributed by atoms with van der Waals surface area (Å²) < 4.78 is 39.7. The van der Waals surface area contributed by atoms with Gasteiger partial charge in [-0.15, -0.1) is 0 Å². The van der Waals surface area contributed by atoms with Gasteiger partial charge in [0.2, 0.25) is 0 Å². The Bertz CT molecular complexity index is 1770. The molecule has 0 amide bonds. The molecule has 5 unspecified atom stereocenters. The number of aryl methyl sites for hydroxylation is 2. The van der Waals surface area contributed by atoms with E-state index in [1.165, 1.54) is 6.07 Å². The number of pyridine rings is 4. The predicted octanol–water partition coefficient (Wildman–Crippen LogP) is 11.3. The van der Waals surface area contributed by atoms with E-state index in [1.54, 1.807) is 24.5 Å². The van der Waals surface area contributed by atoms with Crippen molar-refractivity contribution in [1.29, 1.82) is 0 Å². The molecule has 268 valence electrons. The molecular formula is C41H46ClF3N6. The van der Waals surface area contributed by atoms with Crippen molar-refractivity contribution in [3.8, 4) is 0 Å². The topological polar surface area (TPSA) is 77.3 Å². The Kier molecular flexibility index (Phi) is 13.6. The number of nitrogens with zero attached hydrogens (tertiary/aromatic N) is 6. The van der Waals surface area contributed by atoms with Crippen LogP contribution in [-0.4, -0.2) is 29.9 Å². The van der Waals surface area contributed by atoms with Gasteiger partial charge in [0.1, 0.15) is 17.5 Å². The zero-order valence-electron chi connectivity index (χ0n) is 29.7. The summed E-state index contributed by atoms with van der Waals surface area (Å²) in [7, 11) is 0. The lowest BCUT2D eigenvalue weighted by molar-refractivity contribution is 0.146. The highest BCUT2D eigenvalue weighted by atomic mass is 35.5. The highest BCUT2D eigenvalue weighted by Gasteiger charge is 2.26. The van der Waals surface area contributed by atoms with Crippen LogP contribution in [0.1, 0.15) is 139 Å². The van der Waals surface area contributed by atoms with Crippen LogP contribution in [0, 0.1) is 13.8 Å². The van der Waals surface area contributed by atoms with Crippen molar-refractivity contribution in [2.75, 3.05) is 0 Å². The molecule has 0 aliphatic heterocycles. The van der Waals surface area contributed by atoms with Crippen LogP contribution in [0.25, 0.3) is 0 Å². The fourth-order valence-corrected chi connectivity index (χ4v) is 6.86. The number of hydrogen-bond donors (Lipinski definition) is 0. The first-order chi connectivity index (χ1) is 24.6. The average Bonchev–Trinajstić information content (AvgIpc) is 3.15. The first-order valence-electron chi connectivity index (χ1n) is 17.7. The van der Waals surface area contributed by atoms with Crippen molar-refractivity contribution in [1.82, 2.24) is 29.9 Å². The van der Waals surface area contributed by atoms with Gasteiger partial charge in [-0.1, -0.05) is 49.7 Å². The Morgan fingerprint density at radius 2 is 1.18 bits per heavy atom. The lowest BCUT2D eigenvalue weighted by Gasteiger charge is -2.27. The van der Waals surface area contributed by atoms with Crippen LogP contribution in [0.2, 0.25) is 5.15 Å². The molecule has 5 rings (SSSR count). The summed E-state index contributed by atoms with van der Waals surface area (Å²) in [6.45, 7) is 7.67. The predicted molar refractivity (Wildman–Crippen MR) is 196 cm³/mol. The lowest BCUT2D eigenvalue weighted by atomic mass is 9.78. The molecular weight excluding hydrogens is 669 g/mol. The fourth-order valence-electron chi connectivity index (χ4n) is 6.75. The maximum Gasteiger partial charge on any atom is 0.280 e. The third-order valence-corrected chi connectivity index (χ3v) is 10.2. The van der Waals surface area contributed by atoms with Gasteiger partial charge in [-0.05, 0) is 123 Å². The van der Waals surface area contributed by atoms with Gasteiger partial charge in [-0.3, -0.25) is 24.9 Å². The van der Waals surface area contributed by atoms with Gasteiger partial charge in [-0.2, -0.15) is 0 Å². The zero-order valence-corrected chi connectivity index (χ0v) is 30.4. The quantitative estimate of drug-likeness (QED) is 0.0892. The standard InChI is InChI=1S/C41H46ClF3N6/c1-26-5-14-37(48-20-26)28(3)17-30(35-12-16-40(42)51-24-35)8-9-32(39-25-46-29(4)21-49-39)18-31(34-10-13-36(19-43)47-23-34)7-6-27(2)33-11-15-38(41(44)45)50-22-33/h5,10-16,20-25,27-28,30-32,41H,6-9,17-19H2,1-4H3. The fraction of sp³-hybridized carbons (Fsp3) is 0.415. The van der Waals surface area contributed by atoms with Gasteiger partial charge in [0, 0.05) is 48.8 Å². The second-order valence-corrected chi connectivity index (χ2v) is 14.2. The molecule has 0 aliphatic rings. The largest absolute Gasteiger partial charge is 0.280 e. The molecule has 0 spiro atoms. The molecule has 0 aliphatic carbocycles. The van der Waals surface area contributed by atoms with Crippen molar-refractivity contribution in [2.45, 2.75) is 109 Å². The van der Waals surface area contributed by atoms with Crippen LogP contribution in [0.3, 0.4) is 0 Å². The van der Waals surface area contributed by atoms with Crippen LogP contribution < -0.4 is 0 Å². The first-order valence-corrected chi connectivity index (χ1v) is 18.0. The van der Waals surface area contributed by atoms with E-state index in [9.17, 15) is 13.2 Å². The molecule has 0 N–H and O–H groups in total. The van der Waals surface area contributed by atoms with Crippen LogP contribution in [0.15, 0.2) is 85.7 Å². The molecule has 0 aromatic carbocycles. The minimum atomic E-state index is -2.60. The summed E-state index contributed by atoms with van der Waals surface area (Å²) in [5.74, 6) is 0.674. The van der Waals surface area contributed by atoms with Crippen molar-refractivity contribution in [2.24, 2.45) is 0 Å². The Labute approximate surface area is 304 Å². The molecule has 0 fully saturated rings. The number of rotatable bonds is 17. The molecule has 0 radical (unpaired) electrons. The second kappa shape index (κ2) is 18.3. The van der Waals surface area contributed by atoms with E-state index in [-0.39, 0.29) is 35.3 Å². The van der Waals surface area contributed by atoms with Crippen molar-refractivity contribution < 1.29 is 13.2 Å². The minimum absolute atomic E-state index is 0.0711.